The molecular weight excluding hydrogens is 314 g/mol. The quantitative estimate of drug-likeness (QED) is 0.783. The van der Waals surface area contributed by atoms with E-state index in [0.717, 1.165) is 51.4 Å². The topological polar surface area (TPSA) is 43.9 Å². The van der Waals surface area contributed by atoms with Crippen molar-refractivity contribution in [2.24, 2.45) is 11.8 Å². The summed E-state index contributed by atoms with van der Waals surface area (Å²) in [5.41, 5.74) is 0. The molecule has 1 atom stereocenters. The highest BCUT2D eigenvalue weighted by Crippen LogP contribution is 2.30. The summed E-state index contributed by atoms with van der Waals surface area (Å²) in [6.07, 6.45) is 6.99. The standard InChI is InChI=1S/C20H35N3O2/c1-4-16-5-7-18(8-6-16)23-12-11-22(14-19(23)24)20(25)17-9-10-21(13-17)15(2)3/h15-18H,4-14H2,1-3H3/t16?,17-,18?/m0/s1. The number of likely N-dealkylation sites (tertiary alicyclic amines) is 1. The summed E-state index contributed by atoms with van der Waals surface area (Å²) in [6.45, 7) is 10.2. The van der Waals surface area contributed by atoms with Crippen LogP contribution in [-0.4, -0.2) is 71.3 Å². The Morgan fingerprint density at radius 3 is 2.36 bits per heavy atom. The molecular formula is C20H35N3O2. The fourth-order valence-electron chi connectivity index (χ4n) is 4.84. The maximum absolute atomic E-state index is 12.8. The lowest BCUT2D eigenvalue weighted by atomic mass is 9.83. The number of carbonyl (C=O) groups excluding carboxylic acids is 2. The van der Waals surface area contributed by atoms with E-state index in [1.165, 1.54) is 19.3 Å². The SMILES string of the molecule is CCC1CCC(N2CCN(C(=O)[C@H]3CCN(C(C)C)C3)CC2=O)CC1. The molecule has 3 aliphatic rings. The molecule has 2 saturated heterocycles. The Morgan fingerprint density at radius 1 is 1.08 bits per heavy atom. The average molecular weight is 350 g/mol. The van der Waals surface area contributed by atoms with Crippen molar-refractivity contribution < 1.29 is 9.59 Å². The number of piperazine rings is 1. The van der Waals surface area contributed by atoms with Crippen LogP contribution in [0.5, 0.6) is 0 Å². The molecule has 2 aliphatic heterocycles. The molecule has 5 heteroatoms. The van der Waals surface area contributed by atoms with Gasteiger partial charge in [0, 0.05) is 31.7 Å². The third kappa shape index (κ3) is 4.18. The molecule has 25 heavy (non-hydrogen) atoms. The summed E-state index contributed by atoms with van der Waals surface area (Å²) in [6, 6.07) is 0.907. The lowest BCUT2D eigenvalue weighted by molar-refractivity contribution is -0.149. The first-order chi connectivity index (χ1) is 12.0. The van der Waals surface area contributed by atoms with Crippen molar-refractivity contribution in [2.45, 2.75) is 71.4 Å². The van der Waals surface area contributed by atoms with Crippen LogP contribution in [0.4, 0.5) is 0 Å². The van der Waals surface area contributed by atoms with Gasteiger partial charge in [0.1, 0.15) is 0 Å². The number of carbonyl (C=O) groups is 2. The van der Waals surface area contributed by atoms with Gasteiger partial charge in [-0.25, -0.2) is 0 Å². The van der Waals surface area contributed by atoms with Gasteiger partial charge in [-0.05, 0) is 58.4 Å². The summed E-state index contributed by atoms with van der Waals surface area (Å²) in [7, 11) is 0. The second-order valence-electron chi connectivity index (χ2n) is 8.50. The Hall–Kier alpha value is -1.10. The second kappa shape index (κ2) is 8.07. The molecule has 5 nitrogen and oxygen atoms in total. The smallest absolute Gasteiger partial charge is 0.242 e. The molecule has 1 saturated carbocycles. The lowest BCUT2D eigenvalue weighted by Crippen LogP contribution is -2.57. The van der Waals surface area contributed by atoms with E-state index in [2.05, 4.69) is 30.6 Å². The van der Waals surface area contributed by atoms with Gasteiger partial charge in [-0.1, -0.05) is 13.3 Å². The van der Waals surface area contributed by atoms with Crippen molar-refractivity contribution in [3.8, 4) is 0 Å². The Labute approximate surface area is 152 Å². The van der Waals surface area contributed by atoms with E-state index in [1.54, 1.807) is 0 Å². The Balaban J connectivity index is 1.50. The number of rotatable bonds is 4. The van der Waals surface area contributed by atoms with E-state index < -0.39 is 0 Å². The van der Waals surface area contributed by atoms with Gasteiger partial charge in [0.05, 0.1) is 12.5 Å². The minimum Gasteiger partial charge on any atom is -0.336 e. The first kappa shape index (κ1) is 18.7. The zero-order valence-corrected chi connectivity index (χ0v) is 16.2. The van der Waals surface area contributed by atoms with Gasteiger partial charge in [0.2, 0.25) is 11.8 Å². The third-order valence-corrected chi connectivity index (χ3v) is 6.70. The van der Waals surface area contributed by atoms with Crippen LogP contribution in [0.2, 0.25) is 0 Å². The first-order valence-electron chi connectivity index (χ1n) is 10.3. The molecule has 0 aromatic carbocycles. The van der Waals surface area contributed by atoms with Crippen LogP contribution < -0.4 is 0 Å². The zero-order valence-electron chi connectivity index (χ0n) is 16.2. The highest BCUT2D eigenvalue weighted by molar-refractivity contribution is 5.87. The minimum absolute atomic E-state index is 0.0849. The van der Waals surface area contributed by atoms with Crippen LogP contribution in [-0.2, 0) is 9.59 Å². The molecule has 3 fully saturated rings. The summed E-state index contributed by atoms with van der Waals surface area (Å²) >= 11 is 0. The largest absolute Gasteiger partial charge is 0.336 e. The van der Waals surface area contributed by atoms with E-state index in [0.29, 0.717) is 18.6 Å². The highest BCUT2D eigenvalue weighted by Gasteiger charge is 2.37. The maximum atomic E-state index is 12.8. The normalized spacial score (nSPS) is 31.8. The number of hydrogen-bond acceptors (Lipinski definition) is 3. The van der Waals surface area contributed by atoms with Crippen molar-refractivity contribution in [2.75, 3.05) is 32.7 Å². The highest BCUT2D eigenvalue weighted by atomic mass is 16.2. The van der Waals surface area contributed by atoms with Gasteiger partial charge in [-0.15, -0.1) is 0 Å². The van der Waals surface area contributed by atoms with Gasteiger partial charge in [0.25, 0.3) is 0 Å². The average Bonchev–Trinajstić information content (AvgIpc) is 3.11. The number of nitrogens with zero attached hydrogens (tertiary/aromatic N) is 3. The molecule has 3 rings (SSSR count). The molecule has 2 amide bonds. The van der Waals surface area contributed by atoms with Crippen LogP contribution in [0.3, 0.4) is 0 Å². The summed E-state index contributed by atoms with van der Waals surface area (Å²) in [4.78, 5) is 31.7. The number of amides is 2. The van der Waals surface area contributed by atoms with E-state index >= 15 is 0 Å². The van der Waals surface area contributed by atoms with Crippen molar-refractivity contribution in [3.63, 3.8) is 0 Å². The van der Waals surface area contributed by atoms with E-state index in [1.807, 2.05) is 4.90 Å². The second-order valence-corrected chi connectivity index (χ2v) is 8.50. The van der Waals surface area contributed by atoms with Gasteiger partial charge in [-0.3, -0.25) is 9.59 Å². The zero-order chi connectivity index (χ0) is 18.0. The molecule has 0 unspecified atom stereocenters. The van der Waals surface area contributed by atoms with Crippen LogP contribution in [0, 0.1) is 11.8 Å². The minimum atomic E-state index is 0.0849. The molecule has 1 aliphatic carbocycles. The molecule has 0 aromatic rings. The molecule has 0 bridgehead atoms. The fourth-order valence-corrected chi connectivity index (χ4v) is 4.84. The van der Waals surface area contributed by atoms with Gasteiger partial charge < -0.3 is 14.7 Å². The van der Waals surface area contributed by atoms with E-state index in [4.69, 9.17) is 0 Å². The van der Waals surface area contributed by atoms with Gasteiger partial charge in [-0.2, -0.15) is 0 Å². The molecule has 142 valence electrons. The van der Waals surface area contributed by atoms with Crippen molar-refractivity contribution in [1.29, 1.82) is 0 Å². The van der Waals surface area contributed by atoms with Gasteiger partial charge >= 0.3 is 0 Å². The summed E-state index contributed by atoms with van der Waals surface area (Å²) in [5.74, 6) is 1.30. The Bertz CT molecular complexity index is 485. The third-order valence-electron chi connectivity index (χ3n) is 6.70. The maximum Gasteiger partial charge on any atom is 0.242 e. The monoisotopic (exact) mass is 349 g/mol. The predicted octanol–water partition coefficient (Wildman–Crippen LogP) is 2.36. The van der Waals surface area contributed by atoms with Crippen LogP contribution in [0.15, 0.2) is 0 Å². The predicted molar refractivity (Wildman–Crippen MR) is 99.1 cm³/mol. The van der Waals surface area contributed by atoms with Crippen LogP contribution >= 0.6 is 0 Å². The van der Waals surface area contributed by atoms with Crippen molar-refractivity contribution >= 4 is 11.8 Å². The molecule has 0 radical (unpaired) electrons. The van der Waals surface area contributed by atoms with Crippen molar-refractivity contribution in [1.82, 2.24) is 14.7 Å². The van der Waals surface area contributed by atoms with E-state index in [-0.39, 0.29) is 17.7 Å². The van der Waals surface area contributed by atoms with Crippen molar-refractivity contribution in [3.05, 3.63) is 0 Å². The summed E-state index contributed by atoms with van der Waals surface area (Å²) in [5, 5.41) is 0. The summed E-state index contributed by atoms with van der Waals surface area (Å²) < 4.78 is 0. The molecule has 0 N–H and O–H groups in total. The Kier molecular flexibility index (Phi) is 6.03. The lowest BCUT2D eigenvalue weighted by Gasteiger charge is -2.42. The van der Waals surface area contributed by atoms with Gasteiger partial charge in [0.15, 0.2) is 0 Å². The Morgan fingerprint density at radius 2 is 1.80 bits per heavy atom. The van der Waals surface area contributed by atoms with Crippen LogP contribution in [0.25, 0.3) is 0 Å². The number of hydrogen-bond donors (Lipinski definition) is 0. The molecule has 0 aromatic heterocycles. The molecule has 2 heterocycles. The molecule has 0 spiro atoms. The van der Waals surface area contributed by atoms with E-state index in [9.17, 15) is 9.59 Å². The van der Waals surface area contributed by atoms with Crippen LogP contribution in [0.1, 0.15) is 59.3 Å². The first-order valence-corrected chi connectivity index (χ1v) is 10.3. The fraction of sp³-hybridized carbons (Fsp3) is 0.900.